The molecule has 3 aromatic heterocycles. The van der Waals surface area contributed by atoms with Crippen LogP contribution >= 0.6 is 15.9 Å². The predicted octanol–water partition coefficient (Wildman–Crippen LogP) is 21.7. The number of rotatable bonds is 6. The van der Waals surface area contributed by atoms with Gasteiger partial charge in [-0.15, -0.1) is 22.4 Å². The molecule has 12 aromatic rings. The molecule has 444 valence electrons. The molecule has 8 bridgehead atoms. The zero-order valence-corrected chi connectivity index (χ0v) is 59.7. The number of aromatic nitrogens is 5. The summed E-state index contributed by atoms with van der Waals surface area (Å²) in [7, 11) is 0. The van der Waals surface area contributed by atoms with Crippen molar-refractivity contribution >= 4 is 93.2 Å². The smallest absolute Gasteiger partial charge is 0.663 e. The van der Waals surface area contributed by atoms with Crippen molar-refractivity contribution in [3.05, 3.63) is 222 Å². The summed E-state index contributed by atoms with van der Waals surface area (Å²) in [5.74, 6) is 0. The second-order valence-electron chi connectivity index (χ2n) is 29.4. The third-order valence-corrected chi connectivity index (χ3v) is 20.6. The van der Waals surface area contributed by atoms with Crippen molar-refractivity contribution < 1.29 is 19.5 Å². The van der Waals surface area contributed by atoms with Gasteiger partial charge in [0, 0.05) is 44.0 Å². The summed E-state index contributed by atoms with van der Waals surface area (Å²) in [6.07, 6.45) is 7.47. The maximum atomic E-state index is 6.04. The summed E-state index contributed by atoms with van der Waals surface area (Å²) in [6.45, 7) is 35.1. The van der Waals surface area contributed by atoms with Crippen LogP contribution in [0.4, 0.5) is 0 Å². The average molecular weight is 1290 g/mol. The minimum absolute atomic E-state index is 0. The molecule has 3 aliphatic rings. The van der Waals surface area contributed by atoms with E-state index < -0.39 is 0 Å². The quantitative estimate of drug-likeness (QED) is 0.0946. The minimum Gasteiger partial charge on any atom is -0.663 e. The Morgan fingerprint density at radius 2 is 0.911 bits per heavy atom. The van der Waals surface area contributed by atoms with Gasteiger partial charge >= 0.3 is 19.5 Å². The number of nitrogens with zero attached hydrogens (tertiary/aromatic N) is 5. The summed E-state index contributed by atoms with van der Waals surface area (Å²) >= 11 is 4.09. The van der Waals surface area contributed by atoms with Crippen LogP contribution in [-0.2, 0) is 68.0 Å². The van der Waals surface area contributed by atoms with Gasteiger partial charge in [0.25, 0.3) is 0 Å². The summed E-state index contributed by atoms with van der Waals surface area (Å²) in [6, 6.07) is 49.8. The molecule has 90 heavy (non-hydrogen) atoms. The first-order valence-electron chi connectivity index (χ1n) is 32.1. The van der Waals surface area contributed by atoms with Gasteiger partial charge in [-0.3, -0.25) is 4.98 Å². The molecule has 0 radical (unpaired) electrons. The molecule has 0 aliphatic carbocycles. The number of hydrogen-bond acceptors (Lipinski definition) is 2. The second kappa shape index (κ2) is 21.5. The summed E-state index contributed by atoms with van der Waals surface area (Å²) < 4.78 is 3.62. The Kier molecular flexibility index (Phi) is 14.3. The molecule has 0 unspecified atom stereocenters. The van der Waals surface area contributed by atoms with Crippen molar-refractivity contribution in [3.63, 3.8) is 0 Å². The first-order chi connectivity index (χ1) is 42.4. The Morgan fingerprint density at radius 1 is 0.433 bits per heavy atom. The topological polar surface area (TPSA) is 58.9 Å². The zero-order chi connectivity index (χ0) is 62.1. The number of halogens is 1. The maximum Gasteiger partial charge on any atom is 2.00 e. The monoisotopic (exact) mass is 1290 g/mol. The zero-order valence-electron chi connectivity index (χ0n) is 55.1. The van der Waals surface area contributed by atoms with Crippen LogP contribution in [0.15, 0.2) is 132 Å². The van der Waals surface area contributed by atoms with Crippen LogP contribution in [0, 0.1) is 41.5 Å². The van der Waals surface area contributed by atoms with Gasteiger partial charge < -0.3 is 14.5 Å². The van der Waals surface area contributed by atoms with Crippen molar-refractivity contribution in [2.75, 3.05) is 0 Å². The minimum atomic E-state index is -0.0523. The van der Waals surface area contributed by atoms with Gasteiger partial charge in [-0.05, 0) is 218 Å². The Balaban J connectivity index is 0.00000707. The Morgan fingerprint density at radius 3 is 1.47 bits per heavy atom. The van der Waals surface area contributed by atoms with Crippen molar-refractivity contribution in [3.8, 4) is 44.5 Å². The van der Waals surface area contributed by atoms with E-state index in [1.807, 2.05) is 0 Å². The van der Waals surface area contributed by atoms with E-state index >= 15 is 0 Å². The number of aryl methyl sites for hydroxylation is 10. The van der Waals surface area contributed by atoms with Gasteiger partial charge in [0.05, 0.1) is 22.4 Å². The van der Waals surface area contributed by atoms with Crippen molar-refractivity contribution in [2.24, 2.45) is 0 Å². The van der Waals surface area contributed by atoms with E-state index in [9.17, 15) is 0 Å². The van der Waals surface area contributed by atoms with Gasteiger partial charge in [0.15, 0.2) is 0 Å². The molecule has 0 saturated heterocycles. The molecule has 0 N–H and O–H groups in total. The summed E-state index contributed by atoms with van der Waals surface area (Å²) in [4.78, 5) is 23.1. The maximum absolute atomic E-state index is 6.04. The standard InChI is InChI=1S/C83H78BrN5.Zn/c1-44-34-46(3)71(47(4)35-44)76-63-28-26-61(85-63)75(62-27-29-64(86-62)77(72-48(5)36-45(2)37-49(72)6)66-31-33-68(88-66)80(84)67-32-30-65(76)87-67)60-42-70-79-74-56(19-17-21-58(60)74)55-18-16-20-57-59(51-22-24-52(25-23-51)81(7,8)9)41-69(78(79)73(55)57)89(70)43-50-38-53(82(10,11)12)40-54(39-50)83(13,14)15;/h16-26,28,30,32,34-42H,27,29,31,33,43H2,1-15H3;/q-2;+2. The summed E-state index contributed by atoms with van der Waals surface area (Å²) in [5, 5.41) is 10.3. The van der Waals surface area contributed by atoms with E-state index in [0.717, 1.165) is 97.6 Å². The van der Waals surface area contributed by atoms with Gasteiger partial charge in [0.2, 0.25) is 0 Å². The van der Waals surface area contributed by atoms with E-state index in [0.29, 0.717) is 6.54 Å². The third kappa shape index (κ3) is 9.69. The van der Waals surface area contributed by atoms with Crippen LogP contribution in [0.5, 0.6) is 0 Å². The van der Waals surface area contributed by atoms with E-state index in [2.05, 4.69) is 264 Å². The average Bonchev–Trinajstić information content (AvgIpc) is 1.39. The molecule has 15 rings (SSSR count). The summed E-state index contributed by atoms with van der Waals surface area (Å²) in [5.41, 5.74) is 32.2. The van der Waals surface area contributed by atoms with E-state index in [1.165, 1.54) is 132 Å². The fraction of sp³-hybridized carbons (Fsp3) is 0.277. The number of benzene rings is 9. The van der Waals surface area contributed by atoms with E-state index in [-0.39, 0.29) is 35.7 Å². The first-order valence-corrected chi connectivity index (χ1v) is 32.9. The van der Waals surface area contributed by atoms with E-state index in [1.54, 1.807) is 0 Å². The predicted molar refractivity (Wildman–Crippen MR) is 381 cm³/mol. The van der Waals surface area contributed by atoms with E-state index in [4.69, 9.17) is 19.9 Å². The van der Waals surface area contributed by atoms with Crippen LogP contribution in [0.2, 0.25) is 0 Å². The van der Waals surface area contributed by atoms with Gasteiger partial charge in [-0.1, -0.05) is 205 Å². The normalized spacial score (nSPS) is 13.5. The molecule has 0 atom stereocenters. The first kappa shape index (κ1) is 59.9. The van der Waals surface area contributed by atoms with Crippen LogP contribution in [0.3, 0.4) is 0 Å². The molecule has 0 amide bonds. The van der Waals surface area contributed by atoms with Crippen LogP contribution in [0.1, 0.15) is 152 Å². The molecular weight excluding hydrogens is 1210 g/mol. The van der Waals surface area contributed by atoms with Crippen molar-refractivity contribution in [1.82, 2.24) is 24.5 Å². The molecule has 7 heteroatoms. The second-order valence-corrected chi connectivity index (χ2v) is 30.1. The molecule has 0 spiro atoms. The van der Waals surface area contributed by atoms with Crippen LogP contribution in [0.25, 0.3) is 122 Å². The van der Waals surface area contributed by atoms with Gasteiger partial charge in [-0.2, -0.15) is 0 Å². The molecule has 5 nitrogen and oxygen atoms in total. The number of fused-ring (bicyclic) bond motifs is 9. The Hall–Kier alpha value is -7.70. The molecular formula is C83H78BrN5Zn. The molecule has 0 fully saturated rings. The van der Waals surface area contributed by atoms with Crippen LogP contribution < -0.4 is 9.97 Å². The fourth-order valence-electron chi connectivity index (χ4n) is 15.6. The molecule has 6 heterocycles. The van der Waals surface area contributed by atoms with Crippen LogP contribution in [-0.4, -0.2) is 14.5 Å². The largest absolute Gasteiger partial charge is 2.00 e. The Labute approximate surface area is 551 Å². The Bertz CT molecular complexity index is 5150. The van der Waals surface area contributed by atoms with Crippen molar-refractivity contribution in [1.29, 1.82) is 0 Å². The molecule has 0 saturated carbocycles. The third-order valence-electron chi connectivity index (χ3n) is 19.8. The van der Waals surface area contributed by atoms with Gasteiger partial charge in [-0.25, -0.2) is 4.98 Å². The number of hydrogen-bond donors (Lipinski definition) is 0. The molecule has 9 aromatic carbocycles. The van der Waals surface area contributed by atoms with Crippen molar-refractivity contribution in [2.45, 2.75) is 152 Å². The molecule has 3 aliphatic heterocycles. The fourth-order valence-corrected chi connectivity index (χ4v) is 16.1. The van der Waals surface area contributed by atoms with Gasteiger partial charge in [0.1, 0.15) is 0 Å². The SMILES string of the molecule is Cc1cc(C)c(-c2c3nc(c(-c4cc5c6c7c4cccc7c4cccc7c(-c8ccc(C(C)(C)C)cc8)cc(c6c74)n5Cc4cc(C(C)(C)C)cc(C(C)(C)C)c4)c4ccc([n-]4)c(-c4c(C)cc(C)cc4C)c4nc(c(Br)c5[n-]c2CC5)C=C4)CC3)c(C)c1.[Zn+2].